The van der Waals surface area contributed by atoms with Gasteiger partial charge >= 0.3 is 0 Å². The Morgan fingerprint density at radius 2 is 2.41 bits per heavy atom. The van der Waals surface area contributed by atoms with Gasteiger partial charge in [-0.05, 0) is 45.4 Å². The van der Waals surface area contributed by atoms with Crippen molar-refractivity contribution in [3.8, 4) is 0 Å². The summed E-state index contributed by atoms with van der Waals surface area (Å²) in [7, 11) is 0. The molecule has 2 rings (SSSR count). The molecule has 1 aromatic rings. The first-order chi connectivity index (χ1) is 8.13. The molecule has 0 spiro atoms. The number of carbonyl (C=O) groups excluding carboxylic acids is 1. The van der Waals surface area contributed by atoms with Crippen LogP contribution >= 0.6 is 11.3 Å². The van der Waals surface area contributed by atoms with E-state index in [-0.39, 0.29) is 5.91 Å². The molecular formula is C13H20N2OS. The first kappa shape index (κ1) is 12.6. The van der Waals surface area contributed by atoms with Gasteiger partial charge in [0.15, 0.2) is 0 Å². The maximum atomic E-state index is 11.9. The topological polar surface area (TPSA) is 41.1 Å². The number of piperidine rings is 1. The van der Waals surface area contributed by atoms with Gasteiger partial charge in [0.05, 0.1) is 6.42 Å². The molecule has 1 amide bonds. The number of aryl methyl sites for hydroxylation is 1. The number of nitrogens with one attached hydrogen (secondary N) is 2. The van der Waals surface area contributed by atoms with Gasteiger partial charge in [-0.15, -0.1) is 11.3 Å². The van der Waals surface area contributed by atoms with Crippen molar-refractivity contribution < 1.29 is 4.79 Å². The third-order valence-corrected chi connectivity index (χ3v) is 4.12. The zero-order valence-corrected chi connectivity index (χ0v) is 11.3. The van der Waals surface area contributed by atoms with Gasteiger partial charge in [-0.3, -0.25) is 4.79 Å². The summed E-state index contributed by atoms with van der Waals surface area (Å²) in [5, 5.41) is 6.52. The maximum absolute atomic E-state index is 11.9. The molecule has 0 aliphatic carbocycles. The van der Waals surface area contributed by atoms with Crippen LogP contribution in [0.1, 0.15) is 29.5 Å². The minimum atomic E-state index is 0.158. The van der Waals surface area contributed by atoms with Crippen LogP contribution in [0.3, 0.4) is 0 Å². The van der Waals surface area contributed by atoms with E-state index in [1.165, 1.54) is 4.88 Å². The average molecular weight is 252 g/mol. The van der Waals surface area contributed by atoms with Crippen molar-refractivity contribution >= 4 is 17.2 Å². The van der Waals surface area contributed by atoms with Gasteiger partial charge in [-0.2, -0.15) is 0 Å². The molecule has 2 N–H and O–H groups in total. The SMILES string of the molecule is Cc1ccc(CC(=O)NC2CCNC(C)C2)s1. The van der Waals surface area contributed by atoms with Crippen LogP contribution in [0.25, 0.3) is 0 Å². The summed E-state index contributed by atoms with van der Waals surface area (Å²) in [5.41, 5.74) is 0. The van der Waals surface area contributed by atoms with E-state index in [2.05, 4.69) is 30.5 Å². The molecule has 0 saturated carbocycles. The third-order valence-electron chi connectivity index (χ3n) is 3.12. The Hall–Kier alpha value is -0.870. The van der Waals surface area contributed by atoms with E-state index in [4.69, 9.17) is 0 Å². The smallest absolute Gasteiger partial charge is 0.225 e. The van der Waals surface area contributed by atoms with Crippen LogP contribution in [0, 0.1) is 6.92 Å². The summed E-state index contributed by atoms with van der Waals surface area (Å²) < 4.78 is 0. The molecule has 1 aromatic heterocycles. The third kappa shape index (κ3) is 3.82. The standard InChI is InChI=1S/C13H20N2OS/c1-9-7-11(5-6-14-9)15-13(16)8-12-4-3-10(2)17-12/h3-4,9,11,14H,5-8H2,1-2H3,(H,15,16). The Kier molecular flexibility index (Phi) is 4.18. The van der Waals surface area contributed by atoms with E-state index in [1.54, 1.807) is 11.3 Å². The average Bonchev–Trinajstić information content (AvgIpc) is 2.63. The summed E-state index contributed by atoms with van der Waals surface area (Å²) in [4.78, 5) is 14.3. The molecule has 2 atom stereocenters. The number of carbonyl (C=O) groups is 1. The molecule has 4 heteroatoms. The van der Waals surface area contributed by atoms with E-state index in [1.807, 2.05) is 6.07 Å². The van der Waals surface area contributed by atoms with Crippen LogP contribution in [0.4, 0.5) is 0 Å². The summed E-state index contributed by atoms with van der Waals surface area (Å²) in [6.45, 7) is 5.24. The molecule has 2 unspecified atom stereocenters. The van der Waals surface area contributed by atoms with E-state index >= 15 is 0 Å². The Balaban J connectivity index is 1.80. The lowest BCUT2D eigenvalue weighted by Gasteiger charge is -2.28. The van der Waals surface area contributed by atoms with Crippen LogP contribution in [-0.2, 0) is 11.2 Å². The number of hydrogen-bond donors (Lipinski definition) is 2. The molecule has 0 aromatic carbocycles. The van der Waals surface area contributed by atoms with Gasteiger partial charge in [0.2, 0.25) is 5.91 Å². The van der Waals surface area contributed by atoms with Gasteiger partial charge in [-0.1, -0.05) is 0 Å². The minimum absolute atomic E-state index is 0.158. The van der Waals surface area contributed by atoms with Crippen molar-refractivity contribution in [2.24, 2.45) is 0 Å². The van der Waals surface area contributed by atoms with Crippen molar-refractivity contribution in [3.63, 3.8) is 0 Å². The fourth-order valence-electron chi connectivity index (χ4n) is 2.28. The molecule has 94 valence electrons. The number of rotatable bonds is 3. The lowest BCUT2D eigenvalue weighted by molar-refractivity contribution is -0.121. The summed E-state index contributed by atoms with van der Waals surface area (Å²) in [6, 6.07) is 4.97. The molecule has 0 radical (unpaired) electrons. The highest BCUT2D eigenvalue weighted by Crippen LogP contribution is 2.16. The van der Waals surface area contributed by atoms with Gasteiger partial charge in [-0.25, -0.2) is 0 Å². The molecule has 1 saturated heterocycles. The molecule has 2 heterocycles. The summed E-state index contributed by atoms with van der Waals surface area (Å²) in [6.07, 6.45) is 2.60. The first-order valence-electron chi connectivity index (χ1n) is 6.21. The van der Waals surface area contributed by atoms with Crippen LogP contribution < -0.4 is 10.6 Å². The molecule has 3 nitrogen and oxygen atoms in total. The predicted molar refractivity (Wildman–Crippen MR) is 71.4 cm³/mol. The molecule has 0 bridgehead atoms. The van der Waals surface area contributed by atoms with Gasteiger partial charge in [0.25, 0.3) is 0 Å². The van der Waals surface area contributed by atoms with Gasteiger partial charge < -0.3 is 10.6 Å². The quantitative estimate of drug-likeness (QED) is 0.862. The van der Waals surface area contributed by atoms with Crippen molar-refractivity contribution in [2.75, 3.05) is 6.54 Å². The molecular weight excluding hydrogens is 232 g/mol. The predicted octanol–water partition coefficient (Wildman–Crippen LogP) is 1.86. The van der Waals surface area contributed by atoms with Crippen LogP contribution in [0.5, 0.6) is 0 Å². The second kappa shape index (κ2) is 5.65. The van der Waals surface area contributed by atoms with E-state index in [9.17, 15) is 4.79 Å². The Morgan fingerprint density at radius 3 is 3.06 bits per heavy atom. The fraction of sp³-hybridized carbons (Fsp3) is 0.615. The van der Waals surface area contributed by atoms with E-state index in [0.29, 0.717) is 18.5 Å². The zero-order chi connectivity index (χ0) is 12.3. The minimum Gasteiger partial charge on any atom is -0.353 e. The lowest BCUT2D eigenvalue weighted by atomic mass is 10.0. The molecule has 1 fully saturated rings. The summed E-state index contributed by atoms with van der Waals surface area (Å²) in [5.74, 6) is 0.158. The van der Waals surface area contributed by atoms with Crippen molar-refractivity contribution in [2.45, 2.75) is 45.2 Å². The second-order valence-electron chi connectivity index (χ2n) is 4.83. The molecule has 1 aliphatic heterocycles. The second-order valence-corrected chi connectivity index (χ2v) is 6.21. The highest BCUT2D eigenvalue weighted by atomic mass is 32.1. The number of thiophene rings is 1. The first-order valence-corrected chi connectivity index (χ1v) is 7.03. The molecule has 17 heavy (non-hydrogen) atoms. The zero-order valence-electron chi connectivity index (χ0n) is 10.5. The van der Waals surface area contributed by atoms with Gasteiger partial charge in [0, 0.05) is 21.8 Å². The normalized spacial score (nSPS) is 24.6. The fourth-order valence-corrected chi connectivity index (χ4v) is 3.17. The van der Waals surface area contributed by atoms with Crippen LogP contribution in [0.2, 0.25) is 0 Å². The Labute approximate surface area is 107 Å². The monoisotopic (exact) mass is 252 g/mol. The lowest BCUT2D eigenvalue weighted by Crippen LogP contribution is -2.46. The van der Waals surface area contributed by atoms with E-state index in [0.717, 1.165) is 24.3 Å². The van der Waals surface area contributed by atoms with Crippen molar-refractivity contribution in [1.29, 1.82) is 0 Å². The summed E-state index contributed by atoms with van der Waals surface area (Å²) >= 11 is 1.71. The Morgan fingerprint density at radius 1 is 1.59 bits per heavy atom. The largest absolute Gasteiger partial charge is 0.353 e. The van der Waals surface area contributed by atoms with E-state index < -0.39 is 0 Å². The highest BCUT2D eigenvalue weighted by Gasteiger charge is 2.19. The van der Waals surface area contributed by atoms with Crippen LogP contribution in [-0.4, -0.2) is 24.5 Å². The van der Waals surface area contributed by atoms with Crippen molar-refractivity contribution in [3.05, 3.63) is 21.9 Å². The number of hydrogen-bond acceptors (Lipinski definition) is 3. The Bertz CT molecular complexity index is 389. The van der Waals surface area contributed by atoms with Crippen LogP contribution in [0.15, 0.2) is 12.1 Å². The molecule has 1 aliphatic rings. The van der Waals surface area contributed by atoms with Crippen molar-refractivity contribution in [1.82, 2.24) is 10.6 Å². The number of amides is 1. The maximum Gasteiger partial charge on any atom is 0.225 e. The highest BCUT2D eigenvalue weighted by molar-refractivity contribution is 7.12. The van der Waals surface area contributed by atoms with Gasteiger partial charge in [0.1, 0.15) is 0 Å².